The Labute approximate surface area is 305 Å². The number of phenols is 1. The van der Waals surface area contributed by atoms with Gasteiger partial charge >= 0.3 is 0 Å². The molecular weight excluding hydrogens is 696 g/mol. The van der Waals surface area contributed by atoms with E-state index in [0.29, 0.717) is 45.8 Å². The van der Waals surface area contributed by atoms with Gasteiger partial charge in [0, 0.05) is 28.9 Å². The summed E-state index contributed by atoms with van der Waals surface area (Å²) in [6, 6.07) is 13.9. The molecule has 51 heavy (non-hydrogen) atoms. The fraction of sp³-hybridized carbons (Fsp3) is 0.368. The Bertz CT molecular complexity index is 1930. The first-order chi connectivity index (χ1) is 24.3. The number of phenolic OH excluding ortho intramolecular Hbond substituents is 1. The first-order valence-corrected chi connectivity index (χ1v) is 17.8. The average molecular weight is 739 g/mol. The number of amides is 4. The highest BCUT2D eigenvalue weighted by Gasteiger charge is 2.46. The summed E-state index contributed by atoms with van der Waals surface area (Å²) < 4.78 is 14.3. The SMILES string of the molecule is CC[C@H](C)C(NC(=O)[C@@]1(NC(=O)[C@H](CCc2ccc(O)cc2)NC(=O)CCc2ccccc2F)CCc2[nH]c3c(Cl)cc(Cl)cc3c2C1)C(N)=O. The summed E-state index contributed by atoms with van der Waals surface area (Å²) in [5, 5.41) is 19.9. The molecule has 0 saturated carbocycles. The van der Waals surface area contributed by atoms with Crippen LogP contribution in [0.2, 0.25) is 10.0 Å². The number of carbonyl (C=O) groups excluding carboxylic acids is 4. The number of halogens is 3. The van der Waals surface area contributed by atoms with Gasteiger partial charge in [0.25, 0.3) is 0 Å². The Morgan fingerprint density at radius 3 is 2.45 bits per heavy atom. The van der Waals surface area contributed by atoms with Crippen molar-refractivity contribution in [2.75, 3.05) is 0 Å². The highest BCUT2D eigenvalue weighted by Crippen LogP contribution is 2.38. The van der Waals surface area contributed by atoms with Gasteiger partial charge in [0.2, 0.25) is 23.6 Å². The molecule has 3 aromatic carbocycles. The Morgan fingerprint density at radius 1 is 1.04 bits per heavy atom. The summed E-state index contributed by atoms with van der Waals surface area (Å²) in [5.74, 6) is -2.99. The van der Waals surface area contributed by atoms with Gasteiger partial charge < -0.3 is 31.8 Å². The molecule has 4 atom stereocenters. The van der Waals surface area contributed by atoms with Crippen LogP contribution in [0.3, 0.4) is 0 Å². The van der Waals surface area contributed by atoms with E-state index in [9.17, 15) is 28.7 Å². The van der Waals surface area contributed by atoms with Crippen molar-refractivity contribution in [1.82, 2.24) is 20.9 Å². The van der Waals surface area contributed by atoms with Gasteiger partial charge in [-0.25, -0.2) is 4.39 Å². The van der Waals surface area contributed by atoms with E-state index in [1.807, 2.05) is 6.92 Å². The molecule has 0 spiro atoms. The maximum absolute atomic E-state index is 14.4. The van der Waals surface area contributed by atoms with E-state index >= 15 is 0 Å². The number of carbonyl (C=O) groups is 4. The van der Waals surface area contributed by atoms with Gasteiger partial charge in [0.05, 0.1) is 10.5 Å². The van der Waals surface area contributed by atoms with Gasteiger partial charge in [-0.05, 0) is 85.0 Å². The zero-order chi connectivity index (χ0) is 36.9. The lowest BCUT2D eigenvalue weighted by Crippen LogP contribution is -2.66. The lowest BCUT2D eigenvalue weighted by Gasteiger charge is -2.39. The van der Waals surface area contributed by atoms with E-state index in [1.165, 1.54) is 18.2 Å². The van der Waals surface area contributed by atoms with Gasteiger partial charge in [-0.1, -0.05) is 73.8 Å². The molecule has 0 saturated heterocycles. The molecule has 0 bridgehead atoms. The number of aromatic nitrogens is 1. The number of fused-ring (bicyclic) bond motifs is 3. The van der Waals surface area contributed by atoms with Gasteiger partial charge in [0.15, 0.2) is 0 Å². The molecule has 1 unspecified atom stereocenters. The number of rotatable bonds is 14. The molecule has 4 aromatic rings. The first-order valence-electron chi connectivity index (χ1n) is 17.0. The van der Waals surface area contributed by atoms with Crippen LogP contribution >= 0.6 is 23.2 Å². The molecule has 270 valence electrons. The highest BCUT2D eigenvalue weighted by molar-refractivity contribution is 6.38. The third kappa shape index (κ3) is 8.83. The third-order valence-corrected chi connectivity index (χ3v) is 10.3. The number of hydrogen-bond acceptors (Lipinski definition) is 5. The van der Waals surface area contributed by atoms with E-state index < -0.39 is 47.1 Å². The summed E-state index contributed by atoms with van der Waals surface area (Å²) in [5.41, 5.74) is 7.59. The average Bonchev–Trinajstić information content (AvgIpc) is 3.46. The number of aryl methyl sites for hydroxylation is 3. The minimum absolute atomic E-state index is 0.0362. The minimum Gasteiger partial charge on any atom is -0.508 e. The van der Waals surface area contributed by atoms with E-state index in [-0.39, 0.29) is 43.8 Å². The zero-order valence-corrected chi connectivity index (χ0v) is 30.0. The van der Waals surface area contributed by atoms with E-state index in [2.05, 4.69) is 20.9 Å². The van der Waals surface area contributed by atoms with Crippen LogP contribution in [-0.2, 0) is 44.9 Å². The molecule has 1 aromatic heterocycles. The van der Waals surface area contributed by atoms with Crippen LogP contribution in [0.1, 0.15) is 61.9 Å². The Morgan fingerprint density at radius 2 is 1.76 bits per heavy atom. The van der Waals surface area contributed by atoms with Gasteiger partial charge in [0.1, 0.15) is 29.2 Å². The van der Waals surface area contributed by atoms with Crippen molar-refractivity contribution in [3.8, 4) is 5.75 Å². The molecule has 1 aliphatic rings. The number of nitrogens with two attached hydrogens (primary N) is 1. The second-order valence-electron chi connectivity index (χ2n) is 13.3. The van der Waals surface area contributed by atoms with Crippen molar-refractivity contribution in [3.63, 3.8) is 0 Å². The molecule has 5 rings (SSSR count). The lowest BCUT2D eigenvalue weighted by molar-refractivity contribution is -0.138. The summed E-state index contributed by atoms with van der Waals surface area (Å²) >= 11 is 12.9. The van der Waals surface area contributed by atoms with Crippen LogP contribution in [0.5, 0.6) is 5.75 Å². The molecule has 0 radical (unpaired) electrons. The van der Waals surface area contributed by atoms with E-state index in [0.717, 1.165) is 16.8 Å². The van der Waals surface area contributed by atoms with Gasteiger partial charge in [-0.2, -0.15) is 0 Å². The van der Waals surface area contributed by atoms with E-state index in [4.69, 9.17) is 28.9 Å². The highest BCUT2D eigenvalue weighted by atomic mass is 35.5. The fourth-order valence-corrected chi connectivity index (χ4v) is 7.16. The zero-order valence-electron chi connectivity index (χ0n) is 28.5. The molecular formula is C38H42Cl2FN5O5. The number of aromatic amines is 1. The molecule has 13 heteroatoms. The number of nitrogens with one attached hydrogen (secondary N) is 4. The monoisotopic (exact) mass is 737 g/mol. The lowest BCUT2D eigenvalue weighted by atomic mass is 9.78. The first kappa shape index (κ1) is 37.6. The number of aromatic hydroxyl groups is 1. The quantitative estimate of drug-likeness (QED) is 0.101. The Hall–Kier alpha value is -4.61. The van der Waals surface area contributed by atoms with Gasteiger partial charge in [-0.3, -0.25) is 19.2 Å². The number of primary amides is 1. The van der Waals surface area contributed by atoms with Crippen LogP contribution in [0, 0.1) is 11.7 Å². The second kappa shape index (κ2) is 16.2. The normalized spacial score (nSPS) is 17.2. The summed E-state index contributed by atoms with van der Waals surface area (Å²) in [6.45, 7) is 3.68. The number of H-pyrrole nitrogens is 1. The van der Waals surface area contributed by atoms with Crippen molar-refractivity contribution in [3.05, 3.63) is 98.9 Å². The number of benzene rings is 3. The Balaban J connectivity index is 1.46. The number of hydrogen-bond donors (Lipinski definition) is 6. The van der Waals surface area contributed by atoms with E-state index in [1.54, 1.807) is 49.4 Å². The van der Waals surface area contributed by atoms with Crippen LogP contribution in [0.15, 0.2) is 60.7 Å². The fourth-order valence-electron chi connectivity index (χ4n) is 6.62. The molecule has 7 N–H and O–H groups in total. The largest absolute Gasteiger partial charge is 0.508 e. The van der Waals surface area contributed by atoms with Crippen molar-refractivity contribution >= 4 is 57.7 Å². The molecule has 0 aliphatic heterocycles. The molecule has 1 heterocycles. The van der Waals surface area contributed by atoms with Crippen molar-refractivity contribution in [1.29, 1.82) is 0 Å². The molecule has 0 fully saturated rings. The minimum atomic E-state index is -1.55. The molecule has 4 amide bonds. The van der Waals surface area contributed by atoms with Crippen molar-refractivity contribution < 1.29 is 28.7 Å². The van der Waals surface area contributed by atoms with Gasteiger partial charge in [-0.15, -0.1) is 0 Å². The molecule has 10 nitrogen and oxygen atoms in total. The summed E-state index contributed by atoms with van der Waals surface area (Å²) in [6.07, 6.45) is 1.66. The summed E-state index contributed by atoms with van der Waals surface area (Å²) in [7, 11) is 0. The Kier molecular flexibility index (Phi) is 11.9. The van der Waals surface area contributed by atoms with Crippen LogP contribution in [0.4, 0.5) is 4.39 Å². The standard InChI is InChI=1S/C38H42Cl2FN5O5/c1-3-21(2)33(35(42)49)45-37(51)38(17-16-30-27(20-38)26-18-24(39)19-28(40)34(26)44-30)46-36(50)31(14-10-22-8-12-25(47)13-9-22)43-32(48)15-11-23-6-4-5-7-29(23)41/h4-9,12-13,18-19,21,31,33,44,47H,3,10-11,14-17,20H2,1-2H3,(H2,42,49)(H,43,48)(H,45,51)(H,46,50)/t21-,31-,33?,38+/m0/s1. The maximum Gasteiger partial charge on any atom is 0.246 e. The predicted octanol–water partition coefficient (Wildman–Crippen LogP) is 5.43. The van der Waals surface area contributed by atoms with Crippen LogP contribution in [0.25, 0.3) is 10.9 Å². The van der Waals surface area contributed by atoms with Crippen molar-refractivity contribution in [2.24, 2.45) is 11.7 Å². The predicted molar refractivity (Wildman–Crippen MR) is 195 cm³/mol. The van der Waals surface area contributed by atoms with Crippen LogP contribution < -0.4 is 21.7 Å². The topological polar surface area (TPSA) is 166 Å². The molecule has 1 aliphatic carbocycles. The maximum atomic E-state index is 14.4. The summed E-state index contributed by atoms with van der Waals surface area (Å²) in [4.78, 5) is 57.9. The second-order valence-corrected chi connectivity index (χ2v) is 14.1. The third-order valence-electron chi connectivity index (χ3n) is 9.79. The van der Waals surface area contributed by atoms with Crippen LogP contribution in [-0.4, -0.2) is 51.3 Å². The smallest absolute Gasteiger partial charge is 0.246 e. The van der Waals surface area contributed by atoms with Crippen molar-refractivity contribution in [2.45, 2.75) is 82.8 Å².